The Labute approximate surface area is 224 Å². The summed E-state index contributed by atoms with van der Waals surface area (Å²) in [6.07, 6.45) is 0. The Morgan fingerprint density at radius 2 is 1.03 bits per heavy atom. The number of benzene rings is 7. The number of imidazole rings is 1. The second-order valence-corrected chi connectivity index (χ2v) is 10.4. The highest BCUT2D eigenvalue weighted by molar-refractivity contribution is 6.23. The maximum Gasteiger partial charge on any atom is 0.147 e. The van der Waals surface area contributed by atoms with E-state index in [1.54, 1.807) is 0 Å². The van der Waals surface area contributed by atoms with Gasteiger partial charge in [-0.3, -0.25) is 4.40 Å². The summed E-state index contributed by atoms with van der Waals surface area (Å²) in [5.41, 5.74) is 6.76. The van der Waals surface area contributed by atoms with E-state index in [0.717, 1.165) is 16.7 Å². The van der Waals surface area contributed by atoms with E-state index in [0.29, 0.717) is 0 Å². The van der Waals surface area contributed by atoms with Crippen LogP contribution in [0.4, 0.5) is 0 Å². The van der Waals surface area contributed by atoms with Gasteiger partial charge in [0.2, 0.25) is 0 Å². The highest BCUT2D eigenvalue weighted by Gasteiger charge is 2.16. The Balaban J connectivity index is 1.41. The van der Waals surface area contributed by atoms with Crippen molar-refractivity contribution in [1.82, 2.24) is 9.38 Å². The summed E-state index contributed by atoms with van der Waals surface area (Å²) < 4.78 is 2.36. The van der Waals surface area contributed by atoms with E-state index < -0.39 is 0 Å². The molecule has 2 heteroatoms. The largest absolute Gasteiger partial charge is 0.292 e. The van der Waals surface area contributed by atoms with E-state index in [-0.39, 0.29) is 0 Å². The first-order valence-electron chi connectivity index (χ1n) is 13.4. The molecule has 0 aliphatic heterocycles. The number of hydrogen-bond acceptors (Lipinski definition) is 1. The molecule has 2 aromatic heterocycles. The minimum atomic E-state index is 1.01. The second kappa shape index (κ2) is 7.66. The molecule has 0 spiro atoms. The van der Waals surface area contributed by atoms with E-state index in [1.807, 2.05) is 0 Å². The molecule has 0 N–H and O–H groups in total. The van der Waals surface area contributed by atoms with Crippen LogP contribution in [0.2, 0.25) is 0 Å². The van der Waals surface area contributed by atoms with E-state index in [4.69, 9.17) is 4.98 Å². The molecular weight excluding hydrogens is 472 g/mol. The first kappa shape index (κ1) is 20.8. The van der Waals surface area contributed by atoms with Crippen LogP contribution in [0.3, 0.4) is 0 Å². The average molecular weight is 495 g/mol. The molecule has 39 heavy (non-hydrogen) atoms. The molecule has 0 unspecified atom stereocenters. The summed E-state index contributed by atoms with van der Waals surface area (Å²) in [6, 6.07) is 48.4. The fourth-order valence-corrected chi connectivity index (χ4v) is 6.48. The van der Waals surface area contributed by atoms with Crippen molar-refractivity contribution in [1.29, 1.82) is 0 Å². The standard InChI is InChI=1S/C37H22N2/c1-3-9-28-23(7-1)13-14-25-15-16-26(21-32(25)28)27-18-19-30-31-20-17-24-8-2-4-10-29(24)36(31)37-38-33-11-5-6-12-34(33)39(37)35(30)22-27/h1-22H. The molecule has 0 saturated carbocycles. The van der Waals surface area contributed by atoms with Gasteiger partial charge < -0.3 is 0 Å². The van der Waals surface area contributed by atoms with Gasteiger partial charge in [0.15, 0.2) is 0 Å². The number of hydrogen-bond donors (Lipinski definition) is 0. The second-order valence-electron chi connectivity index (χ2n) is 10.4. The Kier molecular flexibility index (Phi) is 4.08. The first-order chi connectivity index (χ1) is 19.3. The molecule has 0 radical (unpaired) electrons. The summed E-state index contributed by atoms with van der Waals surface area (Å²) in [5, 5.41) is 11.3. The van der Waals surface area contributed by atoms with Crippen LogP contribution >= 0.6 is 0 Å². The Hall–Kier alpha value is -5.21. The molecule has 2 nitrogen and oxygen atoms in total. The molecule has 0 saturated heterocycles. The van der Waals surface area contributed by atoms with Gasteiger partial charge in [0.05, 0.1) is 16.6 Å². The third kappa shape index (κ3) is 2.89. The summed E-state index contributed by atoms with van der Waals surface area (Å²) in [7, 11) is 0. The zero-order valence-electron chi connectivity index (χ0n) is 21.1. The molecule has 0 amide bonds. The predicted molar refractivity (Wildman–Crippen MR) is 166 cm³/mol. The molecule has 0 aliphatic rings. The Morgan fingerprint density at radius 1 is 0.410 bits per heavy atom. The maximum atomic E-state index is 5.18. The molecule has 0 fully saturated rings. The van der Waals surface area contributed by atoms with Crippen LogP contribution in [0, 0.1) is 0 Å². The van der Waals surface area contributed by atoms with Gasteiger partial charge in [0, 0.05) is 10.8 Å². The molecule has 9 rings (SSSR count). The van der Waals surface area contributed by atoms with Gasteiger partial charge in [0.25, 0.3) is 0 Å². The van der Waals surface area contributed by atoms with Crippen LogP contribution in [0.15, 0.2) is 133 Å². The number of pyridine rings is 1. The summed E-state index contributed by atoms with van der Waals surface area (Å²) >= 11 is 0. The summed E-state index contributed by atoms with van der Waals surface area (Å²) in [4.78, 5) is 5.18. The van der Waals surface area contributed by atoms with Crippen LogP contribution < -0.4 is 0 Å². The van der Waals surface area contributed by atoms with Crippen LogP contribution in [0.5, 0.6) is 0 Å². The lowest BCUT2D eigenvalue weighted by Gasteiger charge is -2.13. The van der Waals surface area contributed by atoms with Crippen molar-refractivity contribution in [3.8, 4) is 11.1 Å². The van der Waals surface area contributed by atoms with Gasteiger partial charge in [-0.15, -0.1) is 0 Å². The van der Waals surface area contributed by atoms with Gasteiger partial charge in [-0.05, 0) is 73.1 Å². The van der Waals surface area contributed by atoms with Crippen molar-refractivity contribution in [2.45, 2.75) is 0 Å². The first-order valence-corrected chi connectivity index (χ1v) is 13.4. The fraction of sp³-hybridized carbons (Fsp3) is 0. The van der Waals surface area contributed by atoms with Crippen LogP contribution in [-0.4, -0.2) is 9.38 Å². The summed E-state index contributed by atoms with van der Waals surface area (Å²) in [6.45, 7) is 0. The van der Waals surface area contributed by atoms with E-state index >= 15 is 0 Å². The van der Waals surface area contributed by atoms with E-state index in [9.17, 15) is 0 Å². The topological polar surface area (TPSA) is 17.3 Å². The van der Waals surface area contributed by atoms with Crippen molar-refractivity contribution >= 4 is 70.7 Å². The third-order valence-corrected chi connectivity index (χ3v) is 8.32. The third-order valence-electron chi connectivity index (χ3n) is 8.32. The quantitative estimate of drug-likeness (QED) is 0.208. The highest BCUT2D eigenvalue weighted by atomic mass is 15.0. The minimum Gasteiger partial charge on any atom is -0.292 e. The lowest BCUT2D eigenvalue weighted by atomic mass is 9.95. The van der Waals surface area contributed by atoms with E-state index in [1.165, 1.54) is 65.1 Å². The van der Waals surface area contributed by atoms with Crippen molar-refractivity contribution in [2.75, 3.05) is 0 Å². The lowest BCUT2D eigenvalue weighted by Crippen LogP contribution is -1.93. The maximum absolute atomic E-state index is 5.18. The molecule has 180 valence electrons. The number of rotatable bonds is 1. The molecule has 0 aliphatic carbocycles. The molecule has 9 aromatic rings. The van der Waals surface area contributed by atoms with Crippen molar-refractivity contribution in [2.24, 2.45) is 0 Å². The molecule has 2 heterocycles. The fourth-order valence-electron chi connectivity index (χ4n) is 6.48. The number of nitrogens with zero attached hydrogens (tertiary/aromatic N) is 2. The van der Waals surface area contributed by atoms with Crippen LogP contribution in [0.1, 0.15) is 0 Å². The number of fused-ring (bicyclic) bond motifs is 13. The smallest absolute Gasteiger partial charge is 0.147 e. The monoisotopic (exact) mass is 494 g/mol. The molecular formula is C37H22N2. The highest BCUT2D eigenvalue weighted by Crippen LogP contribution is 2.38. The van der Waals surface area contributed by atoms with Gasteiger partial charge >= 0.3 is 0 Å². The molecule has 0 atom stereocenters. The van der Waals surface area contributed by atoms with E-state index in [2.05, 4.69) is 138 Å². The zero-order valence-corrected chi connectivity index (χ0v) is 21.1. The van der Waals surface area contributed by atoms with Crippen LogP contribution in [0.25, 0.3) is 81.8 Å². The summed E-state index contributed by atoms with van der Waals surface area (Å²) in [5.74, 6) is 0. The molecule has 7 aromatic carbocycles. The van der Waals surface area contributed by atoms with Crippen LogP contribution in [-0.2, 0) is 0 Å². The minimum absolute atomic E-state index is 1.01. The van der Waals surface area contributed by atoms with Gasteiger partial charge in [-0.2, -0.15) is 0 Å². The van der Waals surface area contributed by atoms with Gasteiger partial charge in [-0.25, -0.2) is 4.98 Å². The van der Waals surface area contributed by atoms with Gasteiger partial charge in [-0.1, -0.05) is 109 Å². The van der Waals surface area contributed by atoms with Crippen molar-refractivity contribution < 1.29 is 0 Å². The molecule has 0 bridgehead atoms. The average Bonchev–Trinajstić information content (AvgIpc) is 3.40. The van der Waals surface area contributed by atoms with Crippen molar-refractivity contribution in [3.05, 3.63) is 133 Å². The zero-order chi connectivity index (χ0) is 25.5. The number of para-hydroxylation sites is 2. The SMILES string of the molecule is c1ccc2c(c1)ccc1ccc(-c3ccc4c5ccc6ccccc6c5c5nc6ccccc6n5c4c3)cc12. The van der Waals surface area contributed by atoms with Gasteiger partial charge in [0.1, 0.15) is 5.65 Å². The predicted octanol–water partition coefficient (Wildman–Crippen LogP) is 9.92. The Bertz CT molecular complexity index is 2450. The normalized spacial score (nSPS) is 12.1. The number of aromatic nitrogens is 2. The Morgan fingerprint density at radius 3 is 1.92 bits per heavy atom. The van der Waals surface area contributed by atoms with Crippen molar-refractivity contribution in [3.63, 3.8) is 0 Å². The lowest BCUT2D eigenvalue weighted by molar-refractivity contribution is 1.32.